The van der Waals surface area contributed by atoms with Crippen LogP contribution in [0.2, 0.25) is 0 Å². The van der Waals surface area contributed by atoms with Crippen molar-refractivity contribution in [1.82, 2.24) is 4.90 Å². The average molecular weight is 454 g/mol. The predicted octanol–water partition coefficient (Wildman–Crippen LogP) is 6.09. The standard InChI is InChI=1S/C24H27N3O2S2/c1-6-7-12-27-22(28)21(31-24(27)25-18-13-15(2)8-9-16(18)3)23-26(4)19-14-17(29-5)10-11-20(19)30-23/h8-11,13-14H,6-7,12H2,1-5H3. The number of thioether (sulfide) groups is 2. The van der Waals surface area contributed by atoms with E-state index >= 15 is 0 Å². The molecule has 0 atom stereocenters. The number of hydrogen-bond donors (Lipinski definition) is 0. The molecule has 1 amide bonds. The fourth-order valence-electron chi connectivity index (χ4n) is 3.53. The summed E-state index contributed by atoms with van der Waals surface area (Å²) in [5.74, 6) is 0.848. The van der Waals surface area contributed by atoms with E-state index in [9.17, 15) is 4.79 Å². The zero-order chi connectivity index (χ0) is 22.1. The van der Waals surface area contributed by atoms with Gasteiger partial charge < -0.3 is 9.64 Å². The Bertz CT molecular complexity index is 1090. The summed E-state index contributed by atoms with van der Waals surface area (Å²) in [6.07, 6.45) is 1.97. The van der Waals surface area contributed by atoms with E-state index < -0.39 is 0 Å². The molecule has 2 aliphatic rings. The molecule has 1 saturated heterocycles. The Labute approximate surface area is 192 Å². The third kappa shape index (κ3) is 4.21. The molecule has 2 heterocycles. The van der Waals surface area contributed by atoms with Crippen molar-refractivity contribution in [3.63, 3.8) is 0 Å². The third-order valence-corrected chi connectivity index (χ3v) is 7.84. The van der Waals surface area contributed by atoms with Gasteiger partial charge in [-0.15, -0.1) is 0 Å². The summed E-state index contributed by atoms with van der Waals surface area (Å²) in [6.45, 7) is 6.94. The fraction of sp³-hybridized carbons (Fsp3) is 0.333. The Balaban J connectivity index is 1.74. The Morgan fingerprint density at radius 3 is 2.65 bits per heavy atom. The number of fused-ring (bicyclic) bond motifs is 1. The largest absolute Gasteiger partial charge is 0.497 e. The minimum Gasteiger partial charge on any atom is -0.497 e. The van der Waals surface area contributed by atoms with Gasteiger partial charge in [0, 0.05) is 24.6 Å². The molecule has 0 saturated carbocycles. The number of carbonyl (C=O) groups is 1. The van der Waals surface area contributed by atoms with Crippen LogP contribution in [0, 0.1) is 13.8 Å². The van der Waals surface area contributed by atoms with Crippen molar-refractivity contribution < 1.29 is 9.53 Å². The number of nitrogens with zero attached hydrogens (tertiary/aromatic N) is 3. The molecular formula is C24H27N3O2S2. The highest BCUT2D eigenvalue weighted by Gasteiger charge is 2.39. The second-order valence-electron chi connectivity index (χ2n) is 7.73. The van der Waals surface area contributed by atoms with Crippen LogP contribution in [-0.4, -0.2) is 36.7 Å². The van der Waals surface area contributed by atoms with Crippen LogP contribution in [0.4, 0.5) is 11.4 Å². The number of anilines is 1. The summed E-state index contributed by atoms with van der Waals surface area (Å²) >= 11 is 3.11. The second-order valence-corrected chi connectivity index (χ2v) is 9.73. The minimum atomic E-state index is 0.0385. The molecule has 1 fully saturated rings. The first-order valence-electron chi connectivity index (χ1n) is 10.4. The smallest absolute Gasteiger partial charge is 0.269 e. The van der Waals surface area contributed by atoms with Gasteiger partial charge in [-0.2, -0.15) is 0 Å². The number of unbranched alkanes of at least 4 members (excludes halogenated alkanes) is 1. The molecule has 31 heavy (non-hydrogen) atoms. The second kappa shape index (κ2) is 9.01. The zero-order valence-electron chi connectivity index (χ0n) is 18.6. The maximum absolute atomic E-state index is 13.5. The molecule has 4 rings (SSSR count). The highest BCUT2D eigenvalue weighted by molar-refractivity contribution is 8.19. The number of carbonyl (C=O) groups excluding carboxylic acids is 1. The van der Waals surface area contributed by atoms with Crippen molar-refractivity contribution in [1.29, 1.82) is 0 Å². The van der Waals surface area contributed by atoms with Gasteiger partial charge in [0.1, 0.15) is 10.7 Å². The summed E-state index contributed by atoms with van der Waals surface area (Å²) in [7, 11) is 3.67. The molecular weight excluding hydrogens is 426 g/mol. The monoisotopic (exact) mass is 453 g/mol. The molecule has 0 aromatic heterocycles. The Morgan fingerprint density at radius 2 is 1.90 bits per heavy atom. The van der Waals surface area contributed by atoms with Crippen molar-refractivity contribution >= 4 is 46.0 Å². The van der Waals surface area contributed by atoms with Gasteiger partial charge in [-0.05, 0) is 61.4 Å². The van der Waals surface area contributed by atoms with E-state index in [4.69, 9.17) is 9.73 Å². The lowest BCUT2D eigenvalue weighted by atomic mass is 10.1. The van der Waals surface area contributed by atoms with Crippen molar-refractivity contribution in [3.05, 3.63) is 57.5 Å². The molecule has 162 valence electrons. The Morgan fingerprint density at radius 1 is 1.10 bits per heavy atom. The van der Waals surface area contributed by atoms with Gasteiger partial charge in [-0.25, -0.2) is 4.99 Å². The predicted molar refractivity (Wildman–Crippen MR) is 132 cm³/mol. The van der Waals surface area contributed by atoms with Crippen molar-refractivity contribution in [3.8, 4) is 5.75 Å². The Hall–Kier alpha value is -2.38. The number of ether oxygens (including phenoxy) is 1. The lowest BCUT2D eigenvalue weighted by molar-refractivity contribution is -0.122. The molecule has 2 aromatic rings. The van der Waals surface area contributed by atoms with Gasteiger partial charge in [0.25, 0.3) is 5.91 Å². The van der Waals surface area contributed by atoms with Gasteiger partial charge in [-0.1, -0.05) is 37.2 Å². The zero-order valence-corrected chi connectivity index (χ0v) is 20.2. The van der Waals surface area contributed by atoms with Crippen LogP contribution >= 0.6 is 23.5 Å². The lowest BCUT2D eigenvalue weighted by Crippen LogP contribution is -2.30. The molecule has 0 N–H and O–H groups in total. The van der Waals surface area contributed by atoms with Crippen LogP contribution < -0.4 is 9.64 Å². The van der Waals surface area contributed by atoms with Crippen LogP contribution in [0.5, 0.6) is 5.75 Å². The Kier molecular flexibility index (Phi) is 6.34. The number of amidine groups is 1. The molecule has 2 aromatic carbocycles. The first-order valence-corrected chi connectivity index (χ1v) is 12.1. The van der Waals surface area contributed by atoms with Crippen molar-refractivity contribution in [2.75, 3.05) is 25.6 Å². The van der Waals surface area contributed by atoms with Gasteiger partial charge in [0.15, 0.2) is 5.17 Å². The molecule has 0 spiro atoms. The van der Waals surface area contributed by atoms with E-state index in [1.807, 2.05) is 30.1 Å². The van der Waals surface area contributed by atoms with E-state index in [1.165, 1.54) is 11.8 Å². The van der Waals surface area contributed by atoms with Crippen LogP contribution in [0.1, 0.15) is 30.9 Å². The minimum absolute atomic E-state index is 0.0385. The topological polar surface area (TPSA) is 45.1 Å². The number of hydrogen-bond acceptors (Lipinski definition) is 6. The van der Waals surface area contributed by atoms with Crippen LogP contribution in [0.25, 0.3) is 0 Å². The summed E-state index contributed by atoms with van der Waals surface area (Å²) < 4.78 is 5.38. The highest BCUT2D eigenvalue weighted by atomic mass is 32.2. The van der Waals surface area contributed by atoms with E-state index in [0.29, 0.717) is 6.54 Å². The highest BCUT2D eigenvalue weighted by Crippen LogP contribution is 2.51. The fourth-order valence-corrected chi connectivity index (χ4v) is 5.87. The first kappa shape index (κ1) is 21.8. The quantitative estimate of drug-likeness (QED) is 0.513. The molecule has 2 aliphatic heterocycles. The number of benzene rings is 2. The summed E-state index contributed by atoms with van der Waals surface area (Å²) in [4.78, 5) is 24.2. The summed E-state index contributed by atoms with van der Waals surface area (Å²) in [5.41, 5.74) is 4.24. The van der Waals surface area contributed by atoms with E-state index in [2.05, 4.69) is 43.9 Å². The molecule has 0 unspecified atom stereocenters. The van der Waals surface area contributed by atoms with E-state index in [-0.39, 0.29) is 5.91 Å². The third-order valence-electron chi connectivity index (χ3n) is 5.41. The average Bonchev–Trinajstić information content (AvgIpc) is 3.25. The van der Waals surface area contributed by atoms with Gasteiger partial charge in [-0.3, -0.25) is 9.69 Å². The SMILES string of the molecule is CCCCN1C(=O)C(=C2Sc3ccc(OC)cc3N2C)SC1=Nc1cc(C)ccc1C. The molecule has 5 nitrogen and oxygen atoms in total. The lowest BCUT2D eigenvalue weighted by Gasteiger charge is -2.16. The number of aliphatic imine (C=N–C) groups is 1. The van der Waals surface area contributed by atoms with Crippen molar-refractivity contribution in [2.24, 2.45) is 4.99 Å². The van der Waals surface area contributed by atoms with Gasteiger partial charge >= 0.3 is 0 Å². The van der Waals surface area contributed by atoms with E-state index in [1.54, 1.807) is 18.9 Å². The van der Waals surface area contributed by atoms with Crippen molar-refractivity contribution in [2.45, 2.75) is 38.5 Å². The number of rotatable bonds is 5. The molecule has 0 radical (unpaired) electrons. The molecule has 0 bridgehead atoms. The normalized spacial score (nSPS) is 19.5. The maximum Gasteiger partial charge on any atom is 0.269 e. The van der Waals surface area contributed by atoms with E-state index in [0.717, 1.165) is 61.1 Å². The number of amides is 1. The molecule has 7 heteroatoms. The van der Waals surface area contributed by atoms with Crippen LogP contribution in [0.15, 0.2) is 56.2 Å². The van der Waals surface area contributed by atoms with Crippen LogP contribution in [-0.2, 0) is 4.79 Å². The maximum atomic E-state index is 13.5. The first-order chi connectivity index (χ1) is 14.9. The van der Waals surface area contributed by atoms with Gasteiger partial charge in [0.2, 0.25) is 0 Å². The summed E-state index contributed by atoms with van der Waals surface area (Å²) in [6, 6.07) is 12.3. The van der Waals surface area contributed by atoms with Gasteiger partial charge in [0.05, 0.1) is 23.5 Å². The summed E-state index contributed by atoms with van der Waals surface area (Å²) in [5, 5.41) is 1.71. The van der Waals surface area contributed by atoms with Crippen LogP contribution in [0.3, 0.4) is 0 Å². The number of methoxy groups -OCH3 is 1. The number of aryl methyl sites for hydroxylation is 2. The molecule has 0 aliphatic carbocycles.